The lowest BCUT2D eigenvalue weighted by atomic mass is 9.80. The van der Waals surface area contributed by atoms with E-state index in [0.717, 1.165) is 39.1 Å². The van der Waals surface area contributed by atoms with E-state index in [2.05, 4.69) is 41.7 Å². The van der Waals surface area contributed by atoms with Crippen LogP contribution in [-0.2, 0) is 15.1 Å². The summed E-state index contributed by atoms with van der Waals surface area (Å²) >= 11 is 0. The molecule has 4 aromatic rings. The summed E-state index contributed by atoms with van der Waals surface area (Å²) in [5.74, 6) is 1.04. The van der Waals surface area contributed by atoms with Crippen LogP contribution in [0.3, 0.4) is 0 Å². The van der Waals surface area contributed by atoms with Gasteiger partial charge in [-0.1, -0.05) is 97.1 Å². The van der Waals surface area contributed by atoms with E-state index in [4.69, 9.17) is 14.2 Å². The summed E-state index contributed by atoms with van der Waals surface area (Å²) in [6, 6.07) is 32.0. The quantitative estimate of drug-likeness (QED) is 0.372. The maximum Gasteiger partial charge on any atom is 0.326 e. The van der Waals surface area contributed by atoms with Gasteiger partial charge in [0.2, 0.25) is 6.79 Å². The molecule has 0 saturated heterocycles. The molecule has 0 bridgehead atoms. The van der Waals surface area contributed by atoms with Crippen LogP contribution in [-0.4, -0.2) is 25.9 Å². The van der Waals surface area contributed by atoms with Gasteiger partial charge in [-0.2, -0.15) is 0 Å². The fourth-order valence-corrected chi connectivity index (χ4v) is 5.24. The van der Waals surface area contributed by atoms with Gasteiger partial charge in [-0.05, 0) is 45.5 Å². The Balaban J connectivity index is 1.48. The summed E-state index contributed by atoms with van der Waals surface area (Å²) in [5.41, 5.74) is 5.70. The van der Waals surface area contributed by atoms with E-state index in [1.54, 1.807) is 0 Å². The molecule has 5 nitrogen and oxygen atoms in total. The van der Waals surface area contributed by atoms with E-state index < -0.39 is 11.6 Å². The number of esters is 1. The third-order valence-corrected chi connectivity index (χ3v) is 6.86. The number of carbonyl (C=O) groups excluding carboxylic acids is 1. The summed E-state index contributed by atoms with van der Waals surface area (Å²) in [5, 5.41) is 3.71. The topological polar surface area (TPSA) is 56.8 Å². The number of nitrogens with one attached hydrogen (secondary N) is 1. The Morgan fingerprint density at radius 2 is 1.50 bits per heavy atom. The van der Waals surface area contributed by atoms with E-state index in [1.807, 2.05) is 72.8 Å². The number of fused-ring (bicyclic) bond motifs is 4. The zero-order valence-electron chi connectivity index (χ0n) is 19.8. The Bertz CT molecular complexity index is 1420. The fourth-order valence-electron chi connectivity index (χ4n) is 5.24. The third-order valence-electron chi connectivity index (χ3n) is 6.86. The standard InChI is InChI=1S/C31H25NO4/c1-34-30(33)27(17-15-21-16-18-28-29(19-21)36-20-35-28)32-31(22-9-3-2-4-10-22)25-13-7-5-11-23(25)24-12-6-8-14-26(24)31/h2-19,27,32H,20H2,1H3/b17-15-/t27-/m0/s1. The van der Waals surface area contributed by atoms with Gasteiger partial charge in [-0.25, -0.2) is 0 Å². The lowest BCUT2D eigenvalue weighted by Gasteiger charge is -2.36. The third kappa shape index (κ3) is 3.56. The van der Waals surface area contributed by atoms with Crippen LogP contribution in [0.4, 0.5) is 0 Å². The zero-order chi connectivity index (χ0) is 24.5. The molecule has 0 amide bonds. The maximum absolute atomic E-state index is 13.1. The van der Waals surface area contributed by atoms with Gasteiger partial charge in [0.05, 0.1) is 12.6 Å². The molecule has 1 atom stereocenters. The number of hydrogen-bond donors (Lipinski definition) is 1. The lowest BCUT2D eigenvalue weighted by Crippen LogP contribution is -2.51. The first-order valence-corrected chi connectivity index (χ1v) is 11.9. The van der Waals surface area contributed by atoms with Crippen LogP contribution in [0.5, 0.6) is 11.5 Å². The monoisotopic (exact) mass is 475 g/mol. The normalized spacial score (nSPS) is 15.4. The highest BCUT2D eigenvalue weighted by atomic mass is 16.7. The molecule has 0 unspecified atom stereocenters. The van der Waals surface area contributed by atoms with E-state index in [9.17, 15) is 4.79 Å². The van der Waals surface area contributed by atoms with E-state index in [-0.39, 0.29) is 12.8 Å². The Labute approximate surface area is 210 Å². The second-order valence-electron chi connectivity index (χ2n) is 8.82. The van der Waals surface area contributed by atoms with E-state index in [0.29, 0.717) is 5.75 Å². The first-order valence-electron chi connectivity index (χ1n) is 11.9. The van der Waals surface area contributed by atoms with Gasteiger partial charge in [-0.15, -0.1) is 0 Å². The van der Waals surface area contributed by atoms with Crippen LogP contribution in [0.15, 0.2) is 103 Å². The summed E-state index contributed by atoms with van der Waals surface area (Å²) in [4.78, 5) is 13.1. The van der Waals surface area contributed by atoms with Gasteiger partial charge >= 0.3 is 5.97 Å². The summed E-state index contributed by atoms with van der Waals surface area (Å²) in [6.45, 7) is 0.216. The van der Waals surface area contributed by atoms with Gasteiger partial charge in [0.25, 0.3) is 0 Å². The molecule has 0 saturated carbocycles. The van der Waals surface area contributed by atoms with Crippen molar-refractivity contribution < 1.29 is 19.0 Å². The average molecular weight is 476 g/mol. The fraction of sp³-hybridized carbons (Fsp3) is 0.129. The van der Waals surface area contributed by atoms with Crippen molar-refractivity contribution in [1.82, 2.24) is 5.32 Å². The molecule has 1 aliphatic carbocycles. The van der Waals surface area contributed by atoms with Crippen LogP contribution in [0.1, 0.15) is 22.3 Å². The number of carbonyl (C=O) groups is 1. The summed E-state index contributed by atoms with van der Waals surface area (Å²) in [7, 11) is 1.41. The molecule has 36 heavy (non-hydrogen) atoms. The molecule has 0 aromatic heterocycles. The molecule has 0 fully saturated rings. The zero-order valence-corrected chi connectivity index (χ0v) is 19.8. The largest absolute Gasteiger partial charge is 0.468 e. The van der Waals surface area contributed by atoms with Gasteiger partial charge < -0.3 is 14.2 Å². The van der Waals surface area contributed by atoms with Crippen molar-refractivity contribution >= 4 is 12.0 Å². The molecule has 178 valence electrons. The van der Waals surface area contributed by atoms with Gasteiger partial charge in [0, 0.05) is 0 Å². The first kappa shape index (κ1) is 22.1. The molecular weight excluding hydrogens is 450 g/mol. The van der Waals surface area contributed by atoms with Crippen LogP contribution in [0.25, 0.3) is 17.2 Å². The minimum atomic E-state index is -0.744. The highest BCUT2D eigenvalue weighted by Crippen LogP contribution is 2.51. The van der Waals surface area contributed by atoms with Crippen molar-refractivity contribution in [3.63, 3.8) is 0 Å². The van der Waals surface area contributed by atoms with Crippen molar-refractivity contribution in [1.29, 1.82) is 0 Å². The minimum absolute atomic E-state index is 0.216. The molecule has 1 aliphatic heterocycles. The van der Waals surface area contributed by atoms with Crippen LogP contribution >= 0.6 is 0 Å². The molecule has 4 aromatic carbocycles. The highest BCUT2D eigenvalue weighted by molar-refractivity contribution is 5.85. The Hall–Kier alpha value is -4.35. The average Bonchev–Trinajstić information content (AvgIpc) is 3.52. The van der Waals surface area contributed by atoms with Crippen molar-refractivity contribution in [2.45, 2.75) is 11.6 Å². The molecular formula is C31H25NO4. The molecule has 0 spiro atoms. The lowest BCUT2D eigenvalue weighted by molar-refractivity contribution is -0.142. The Kier molecular flexibility index (Phi) is 5.55. The smallest absolute Gasteiger partial charge is 0.326 e. The van der Waals surface area contributed by atoms with Gasteiger partial charge in [-0.3, -0.25) is 10.1 Å². The highest BCUT2D eigenvalue weighted by Gasteiger charge is 2.46. The summed E-state index contributed by atoms with van der Waals surface area (Å²) < 4.78 is 16.2. The van der Waals surface area contributed by atoms with Crippen molar-refractivity contribution in [2.75, 3.05) is 13.9 Å². The molecule has 6 rings (SSSR count). The van der Waals surface area contributed by atoms with E-state index >= 15 is 0 Å². The number of benzene rings is 4. The second-order valence-corrected chi connectivity index (χ2v) is 8.82. The number of ether oxygens (including phenoxy) is 3. The van der Waals surface area contributed by atoms with Crippen LogP contribution in [0, 0.1) is 0 Å². The molecule has 5 heteroatoms. The number of rotatable bonds is 6. The predicted octanol–water partition coefficient (Wildman–Crippen LogP) is 5.53. The van der Waals surface area contributed by atoms with Gasteiger partial charge in [0.15, 0.2) is 11.5 Å². The molecule has 1 N–H and O–H groups in total. The van der Waals surface area contributed by atoms with Crippen LogP contribution < -0.4 is 14.8 Å². The molecule has 0 radical (unpaired) electrons. The van der Waals surface area contributed by atoms with Crippen molar-refractivity contribution in [2.24, 2.45) is 0 Å². The van der Waals surface area contributed by atoms with Gasteiger partial charge in [0.1, 0.15) is 6.04 Å². The molecule has 1 heterocycles. The Morgan fingerprint density at radius 1 is 0.861 bits per heavy atom. The van der Waals surface area contributed by atoms with E-state index in [1.165, 1.54) is 7.11 Å². The SMILES string of the molecule is COC(=O)[C@H](/C=C\c1ccc2c(c1)OCO2)NC1(c2ccccc2)c2ccccc2-c2ccccc21. The van der Waals surface area contributed by atoms with Crippen molar-refractivity contribution in [3.8, 4) is 22.6 Å². The molecule has 2 aliphatic rings. The second kappa shape index (κ2) is 9.02. The minimum Gasteiger partial charge on any atom is -0.468 e. The summed E-state index contributed by atoms with van der Waals surface area (Å²) in [6.07, 6.45) is 3.75. The number of hydrogen-bond acceptors (Lipinski definition) is 5. The first-order chi connectivity index (χ1) is 17.7. The van der Waals surface area contributed by atoms with Crippen molar-refractivity contribution in [3.05, 3.63) is 125 Å². The van der Waals surface area contributed by atoms with Crippen LogP contribution in [0.2, 0.25) is 0 Å². The number of methoxy groups -OCH3 is 1. The Morgan fingerprint density at radius 3 is 2.19 bits per heavy atom. The maximum atomic E-state index is 13.1. The predicted molar refractivity (Wildman–Crippen MR) is 139 cm³/mol.